The predicted octanol–water partition coefficient (Wildman–Crippen LogP) is 4.51. The topological polar surface area (TPSA) is 33.3 Å². The molecule has 0 aliphatic heterocycles. The Kier molecular flexibility index (Phi) is 7.59. The van der Waals surface area contributed by atoms with E-state index in [1.54, 1.807) is 0 Å². The van der Waals surface area contributed by atoms with Crippen LogP contribution in [0.5, 0.6) is 5.75 Å². The molecule has 1 aliphatic rings. The zero-order valence-electron chi connectivity index (χ0n) is 15.3. The highest BCUT2D eigenvalue weighted by molar-refractivity contribution is 5.83. The van der Waals surface area contributed by atoms with Crippen LogP contribution in [0.1, 0.15) is 44.9 Å². The number of ether oxygens (including phenoxy) is 1. The van der Waals surface area contributed by atoms with Gasteiger partial charge in [-0.2, -0.15) is 0 Å². The van der Waals surface area contributed by atoms with E-state index in [2.05, 4.69) is 53.1 Å². The summed E-state index contributed by atoms with van der Waals surface area (Å²) in [6.07, 6.45) is 9.23. The average Bonchev–Trinajstić information content (AvgIpc) is 2.67. The van der Waals surface area contributed by atoms with Gasteiger partial charge in [-0.05, 0) is 55.1 Å². The summed E-state index contributed by atoms with van der Waals surface area (Å²) in [6.45, 7) is 4.04. The number of fused-ring (bicyclic) bond motifs is 1. The Labute approximate surface area is 152 Å². The summed E-state index contributed by atoms with van der Waals surface area (Å²) in [5, 5.41) is 9.71. The van der Waals surface area contributed by atoms with Gasteiger partial charge in [0.05, 0.1) is 6.61 Å². The molecule has 2 aromatic carbocycles. The zero-order chi connectivity index (χ0) is 17.2. The third-order valence-electron chi connectivity index (χ3n) is 5.08. The van der Waals surface area contributed by atoms with E-state index in [1.807, 2.05) is 0 Å². The van der Waals surface area contributed by atoms with E-state index in [1.165, 1.54) is 42.9 Å². The lowest BCUT2D eigenvalue weighted by molar-refractivity contribution is 0.306. The molecule has 0 saturated heterocycles. The van der Waals surface area contributed by atoms with Crippen LogP contribution in [-0.2, 0) is 0 Å². The normalized spacial score (nSPS) is 15.5. The highest BCUT2D eigenvalue weighted by Gasteiger charge is 2.11. The first-order chi connectivity index (χ1) is 12.4. The maximum Gasteiger partial charge on any atom is 0.119 e. The van der Waals surface area contributed by atoms with E-state index in [4.69, 9.17) is 4.74 Å². The molecule has 1 saturated carbocycles. The molecule has 1 aliphatic carbocycles. The number of rotatable bonds is 10. The van der Waals surface area contributed by atoms with Crippen LogP contribution in [0.3, 0.4) is 0 Å². The fourth-order valence-electron chi connectivity index (χ4n) is 3.60. The predicted molar refractivity (Wildman–Crippen MR) is 106 cm³/mol. The lowest BCUT2D eigenvalue weighted by Crippen LogP contribution is -2.36. The Bertz CT molecular complexity index is 622. The van der Waals surface area contributed by atoms with Crippen molar-refractivity contribution in [2.24, 2.45) is 0 Å². The minimum atomic E-state index is 0.769. The van der Waals surface area contributed by atoms with Gasteiger partial charge < -0.3 is 15.4 Å². The summed E-state index contributed by atoms with van der Waals surface area (Å²) >= 11 is 0. The summed E-state index contributed by atoms with van der Waals surface area (Å²) in [5.41, 5.74) is 0. The maximum atomic E-state index is 5.88. The third kappa shape index (κ3) is 6.33. The van der Waals surface area contributed by atoms with E-state index in [-0.39, 0.29) is 0 Å². The van der Waals surface area contributed by atoms with Crippen LogP contribution >= 0.6 is 0 Å². The Balaban J connectivity index is 1.20. The molecule has 25 heavy (non-hydrogen) atoms. The first kappa shape index (κ1) is 18.2. The quantitative estimate of drug-likeness (QED) is 0.624. The molecule has 0 atom stereocenters. The van der Waals surface area contributed by atoms with Crippen LogP contribution in [0, 0.1) is 0 Å². The second-order valence-electron chi connectivity index (χ2n) is 7.10. The average molecular weight is 341 g/mol. The van der Waals surface area contributed by atoms with Gasteiger partial charge in [0, 0.05) is 19.1 Å². The summed E-state index contributed by atoms with van der Waals surface area (Å²) in [5.74, 6) is 0.975. The summed E-state index contributed by atoms with van der Waals surface area (Å²) < 4.78 is 5.88. The molecular formula is C22H32N2O. The molecule has 2 aromatic rings. The molecule has 0 amide bonds. The molecule has 0 spiro atoms. The van der Waals surface area contributed by atoms with Gasteiger partial charge in [-0.15, -0.1) is 0 Å². The third-order valence-corrected chi connectivity index (χ3v) is 5.08. The first-order valence-electron chi connectivity index (χ1n) is 9.97. The summed E-state index contributed by atoms with van der Waals surface area (Å²) in [6, 6.07) is 15.5. The standard InChI is InChI=1S/C22H32N2O/c1-2-10-21(11-3-1)24-16-15-23-14-6-7-17-25-22-13-12-19-8-4-5-9-20(19)18-22/h4-5,8-9,12-13,18,21,23-24H,1-3,6-7,10-11,14-17H2. The second kappa shape index (κ2) is 10.4. The van der Waals surface area contributed by atoms with Crippen LogP contribution in [0.15, 0.2) is 42.5 Å². The maximum absolute atomic E-state index is 5.88. The van der Waals surface area contributed by atoms with Crippen LogP contribution in [0.2, 0.25) is 0 Å². The fraction of sp³-hybridized carbons (Fsp3) is 0.545. The summed E-state index contributed by atoms with van der Waals surface area (Å²) in [4.78, 5) is 0. The smallest absolute Gasteiger partial charge is 0.119 e. The highest BCUT2D eigenvalue weighted by Crippen LogP contribution is 2.20. The Morgan fingerprint density at radius 3 is 2.56 bits per heavy atom. The molecule has 0 heterocycles. The van der Waals surface area contributed by atoms with Crippen molar-refractivity contribution < 1.29 is 4.74 Å². The van der Waals surface area contributed by atoms with Gasteiger partial charge in [0.2, 0.25) is 0 Å². The van der Waals surface area contributed by atoms with Gasteiger partial charge in [-0.3, -0.25) is 0 Å². The monoisotopic (exact) mass is 340 g/mol. The molecule has 0 bridgehead atoms. The van der Waals surface area contributed by atoms with Crippen LogP contribution in [0.25, 0.3) is 10.8 Å². The molecule has 3 rings (SSSR count). The Hall–Kier alpha value is -1.58. The number of nitrogens with one attached hydrogen (secondary N) is 2. The van der Waals surface area contributed by atoms with Crippen molar-refractivity contribution in [3.8, 4) is 5.75 Å². The number of unbranched alkanes of at least 4 members (excludes halogenated alkanes) is 1. The number of hydrogen-bond acceptors (Lipinski definition) is 3. The van der Waals surface area contributed by atoms with Crippen molar-refractivity contribution in [3.05, 3.63) is 42.5 Å². The van der Waals surface area contributed by atoms with E-state index < -0.39 is 0 Å². The van der Waals surface area contributed by atoms with Gasteiger partial charge in [-0.1, -0.05) is 49.6 Å². The van der Waals surface area contributed by atoms with Crippen molar-refractivity contribution in [2.75, 3.05) is 26.2 Å². The molecule has 136 valence electrons. The first-order valence-corrected chi connectivity index (χ1v) is 9.97. The van der Waals surface area contributed by atoms with Crippen molar-refractivity contribution in [2.45, 2.75) is 51.0 Å². The highest BCUT2D eigenvalue weighted by atomic mass is 16.5. The van der Waals surface area contributed by atoms with Gasteiger partial charge in [0.1, 0.15) is 5.75 Å². The fourth-order valence-corrected chi connectivity index (χ4v) is 3.60. The van der Waals surface area contributed by atoms with Gasteiger partial charge in [0.25, 0.3) is 0 Å². The van der Waals surface area contributed by atoms with Gasteiger partial charge in [-0.25, -0.2) is 0 Å². The van der Waals surface area contributed by atoms with Crippen molar-refractivity contribution in [1.82, 2.24) is 10.6 Å². The number of benzene rings is 2. The lowest BCUT2D eigenvalue weighted by atomic mass is 9.95. The SMILES string of the molecule is c1ccc2cc(OCCCCNCCNC3CCCCC3)ccc2c1. The van der Waals surface area contributed by atoms with Crippen LogP contribution < -0.4 is 15.4 Å². The Morgan fingerprint density at radius 1 is 0.840 bits per heavy atom. The van der Waals surface area contributed by atoms with Gasteiger partial charge in [0.15, 0.2) is 0 Å². The molecular weight excluding hydrogens is 308 g/mol. The largest absolute Gasteiger partial charge is 0.494 e. The van der Waals surface area contributed by atoms with E-state index in [9.17, 15) is 0 Å². The minimum absolute atomic E-state index is 0.769. The van der Waals surface area contributed by atoms with Crippen molar-refractivity contribution >= 4 is 10.8 Å². The van der Waals surface area contributed by atoms with Crippen LogP contribution in [0.4, 0.5) is 0 Å². The van der Waals surface area contributed by atoms with Crippen molar-refractivity contribution in [3.63, 3.8) is 0 Å². The van der Waals surface area contributed by atoms with E-state index in [0.717, 1.165) is 50.9 Å². The van der Waals surface area contributed by atoms with Crippen LogP contribution in [-0.4, -0.2) is 32.3 Å². The van der Waals surface area contributed by atoms with Crippen molar-refractivity contribution in [1.29, 1.82) is 0 Å². The molecule has 0 radical (unpaired) electrons. The molecule has 1 fully saturated rings. The molecule has 3 nitrogen and oxygen atoms in total. The molecule has 0 unspecified atom stereocenters. The lowest BCUT2D eigenvalue weighted by Gasteiger charge is -2.22. The number of hydrogen-bond donors (Lipinski definition) is 2. The molecule has 0 aromatic heterocycles. The Morgan fingerprint density at radius 2 is 1.68 bits per heavy atom. The van der Waals surface area contributed by atoms with E-state index in [0.29, 0.717) is 0 Å². The zero-order valence-corrected chi connectivity index (χ0v) is 15.3. The van der Waals surface area contributed by atoms with Gasteiger partial charge >= 0.3 is 0 Å². The molecule has 2 N–H and O–H groups in total. The summed E-state index contributed by atoms with van der Waals surface area (Å²) in [7, 11) is 0. The molecule has 3 heteroatoms. The second-order valence-corrected chi connectivity index (χ2v) is 7.10. The van der Waals surface area contributed by atoms with E-state index >= 15 is 0 Å². The minimum Gasteiger partial charge on any atom is -0.494 e.